The highest BCUT2D eigenvalue weighted by atomic mass is 79.9. The lowest BCUT2D eigenvalue weighted by atomic mass is 10.3. The Kier molecular flexibility index (Phi) is 2.59. The molecule has 0 aliphatic heterocycles. The number of nitrogens with two attached hydrogens (primary N) is 1. The van der Waals surface area contributed by atoms with Crippen LogP contribution in [0.15, 0.2) is 22.9 Å². The maximum Gasteiger partial charge on any atom is 0.180 e. The SMILES string of the molecule is Cc1nccc(-c2ncc(Br)c(N)n2)n1. The van der Waals surface area contributed by atoms with Crippen LogP contribution in [0.5, 0.6) is 0 Å². The molecule has 15 heavy (non-hydrogen) atoms. The predicted molar refractivity (Wildman–Crippen MR) is 59.9 cm³/mol. The summed E-state index contributed by atoms with van der Waals surface area (Å²) in [6, 6.07) is 1.75. The van der Waals surface area contributed by atoms with Crippen molar-refractivity contribution in [1.82, 2.24) is 19.9 Å². The highest BCUT2D eigenvalue weighted by Crippen LogP contribution is 2.19. The zero-order valence-corrected chi connectivity index (χ0v) is 9.56. The third-order valence-corrected chi connectivity index (χ3v) is 2.39. The van der Waals surface area contributed by atoms with Gasteiger partial charge in [-0.1, -0.05) is 0 Å². The fraction of sp³-hybridized carbons (Fsp3) is 0.111. The van der Waals surface area contributed by atoms with E-state index >= 15 is 0 Å². The summed E-state index contributed by atoms with van der Waals surface area (Å²) in [5.41, 5.74) is 6.32. The first kappa shape index (κ1) is 9.97. The van der Waals surface area contributed by atoms with E-state index in [2.05, 4.69) is 35.9 Å². The molecule has 0 aliphatic carbocycles. The Morgan fingerprint density at radius 2 is 2.07 bits per heavy atom. The van der Waals surface area contributed by atoms with Gasteiger partial charge in [0.2, 0.25) is 0 Å². The normalized spacial score (nSPS) is 10.3. The van der Waals surface area contributed by atoms with E-state index in [0.29, 0.717) is 27.6 Å². The molecule has 0 aliphatic rings. The number of anilines is 1. The van der Waals surface area contributed by atoms with Gasteiger partial charge in [0.05, 0.1) is 4.47 Å². The molecule has 2 N–H and O–H groups in total. The molecule has 0 radical (unpaired) electrons. The lowest BCUT2D eigenvalue weighted by molar-refractivity contribution is 1.03. The third-order valence-electron chi connectivity index (χ3n) is 1.78. The summed E-state index contributed by atoms with van der Waals surface area (Å²) < 4.78 is 0.678. The van der Waals surface area contributed by atoms with E-state index < -0.39 is 0 Å². The van der Waals surface area contributed by atoms with Gasteiger partial charge in [0.1, 0.15) is 17.3 Å². The predicted octanol–water partition coefficient (Wildman–Crippen LogP) is 1.59. The molecule has 2 rings (SSSR count). The second-order valence-electron chi connectivity index (χ2n) is 2.92. The van der Waals surface area contributed by atoms with Crippen molar-refractivity contribution >= 4 is 21.7 Å². The van der Waals surface area contributed by atoms with E-state index in [-0.39, 0.29) is 0 Å². The lowest BCUT2D eigenvalue weighted by Gasteiger charge is -2.01. The van der Waals surface area contributed by atoms with Crippen molar-refractivity contribution in [2.24, 2.45) is 0 Å². The van der Waals surface area contributed by atoms with Gasteiger partial charge in [0.25, 0.3) is 0 Å². The zero-order valence-electron chi connectivity index (χ0n) is 7.98. The van der Waals surface area contributed by atoms with Crippen LogP contribution in [0.4, 0.5) is 5.82 Å². The van der Waals surface area contributed by atoms with E-state index in [9.17, 15) is 0 Å². The van der Waals surface area contributed by atoms with Crippen LogP contribution in [-0.2, 0) is 0 Å². The molecule has 2 aromatic heterocycles. The Morgan fingerprint density at radius 3 is 2.73 bits per heavy atom. The molecule has 0 unspecified atom stereocenters. The third kappa shape index (κ3) is 2.10. The van der Waals surface area contributed by atoms with Crippen LogP contribution >= 0.6 is 15.9 Å². The monoisotopic (exact) mass is 265 g/mol. The minimum atomic E-state index is 0.399. The molecule has 0 spiro atoms. The molecule has 0 atom stereocenters. The van der Waals surface area contributed by atoms with Crippen LogP contribution in [0, 0.1) is 6.92 Å². The molecular formula is C9H8BrN5. The minimum absolute atomic E-state index is 0.399. The quantitative estimate of drug-likeness (QED) is 0.847. The van der Waals surface area contributed by atoms with Crippen molar-refractivity contribution in [3.63, 3.8) is 0 Å². The molecular weight excluding hydrogens is 258 g/mol. The van der Waals surface area contributed by atoms with Crippen molar-refractivity contribution in [2.75, 3.05) is 5.73 Å². The van der Waals surface area contributed by atoms with Gasteiger partial charge < -0.3 is 5.73 Å². The molecule has 0 saturated carbocycles. The maximum absolute atomic E-state index is 5.65. The van der Waals surface area contributed by atoms with Crippen molar-refractivity contribution in [2.45, 2.75) is 6.92 Å². The van der Waals surface area contributed by atoms with Crippen molar-refractivity contribution in [1.29, 1.82) is 0 Å². The first-order chi connectivity index (χ1) is 7.16. The number of nitrogen functional groups attached to an aromatic ring is 1. The summed E-state index contributed by atoms with van der Waals surface area (Å²) in [6.07, 6.45) is 3.27. The number of aromatic nitrogens is 4. The highest BCUT2D eigenvalue weighted by Gasteiger charge is 2.05. The molecule has 2 heterocycles. The molecule has 6 heteroatoms. The van der Waals surface area contributed by atoms with Crippen molar-refractivity contribution < 1.29 is 0 Å². The molecule has 2 aromatic rings. The van der Waals surface area contributed by atoms with E-state index in [0.717, 1.165) is 0 Å². The summed E-state index contributed by atoms with van der Waals surface area (Å²) in [4.78, 5) is 16.4. The van der Waals surface area contributed by atoms with Crippen LogP contribution in [0.2, 0.25) is 0 Å². The van der Waals surface area contributed by atoms with Crippen LogP contribution < -0.4 is 5.73 Å². The van der Waals surface area contributed by atoms with Crippen LogP contribution in [0.3, 0.4) is 0 Å². The van der Waals surface area contributed by atoms with Crippen LogP contribution in [0.1, 0.15) is 5.82 Å². The minimum Gasteiger partial charge on any atom is -0.383 e. The Morgan fingerprint density at radius 1 is 1.27 bits per heavy atom. The Hall–Kier alpha value is -1.56. The topological polar surface area (TPSA) is 77.6 Å². The lowest BCUT2D eigenvalue weighted by Crippen LogP contribution is -1.99. The van der Waals surface area contributed by atoms with E-state index in [1.54, 1.807) is 18.5 Å². The summed E-state index contributed by atoms with van der Waals surface area (Å²) in [7, 11) is 0. The van der Waals surface area contributed by atoms with E-state index in [1.165, 1.54) is 0 Å². The van der Waals surface area contributed by atoms with E-state index in [1.807, 2.05) is 6.92 Å². The van der Waals surface area contributed by atoms with Gasteiger partial charge in [-0.25, -0.2) is 19.9 Å². The zero-order chi connectivity index (χ0) is 10.8. The number of aryl methyl sites for hydroxylation is 1. The Bertz CT molecular complexity index is 500. The van der Waals surface area contributed by atoms with Gasteiger partial charge in [0.15, 0.2) is 5.82 Å². The van der Waals surface area contributed by atoms with Gasteiger partial charge in [-0.15, -0.1) is 0 Å². The molecule has 0 saturated heterocycles. The first-order valence-corrected chi connectivity index (χ1v) is 5.04. The molecule has 0 fully saturated rings. The molecule has 0 aromatic carbocycles. The Labute approximate surface area is 94.9 Å². The van der Waals surface area contributed by atoms with E-state index in [4.69, 9.17) is 5.73 Å². The fourth-order valence-electron chi connectivity index (χ4n) is 1.08. The molecule has 0 amide bonds. The molecule has 0 bridgehead atoms. The average Bonchev–Trinajstić information content (AvgIpc) is 2.22. The first-order valence-electron chi connectivity index (χ1n) is 4.25. The maximum atomic E-state index is 5.65. The summed E-state index contributed by atoms with van der Waals surface area (Å²) in [6.45, 7) is 1.81. The van der Waals surface area contributed by atoms with Gasteiger partial charge in [-0.2, -0.15) is 0 Å². The van der Waals surface area contributed by atoms with Gasteiger partial charge >= 0.3 is 0 Å². The molecule has 5 nitrogen and oxygen atoms in total. The van der Waals surface area contributed by atoms with Crippen molar-refractivity contribution in [3.05, 3.63) is 28.8 Å². The largest absolute Gasteiger partial charge is 0.383 e. The summed E-state index contributed by atoms with van der Waals surface area (Å²) in [5.74, 6) is 1.58. The van der Waals surface area contributed by atoms with Crippen molar-refractivity contribution in [3.8, 4) is 11.5 Å². The number of hydrogen-bond donors (Lipinski definition) is 1. The average molecular weight is 266 g/mol. The second kappa shape index (κ2) is 3.90. The van der Waals surface area contributed by atoms with Gasteiger partial charge in [-0.05, 0) is 28.9 Å². The van der Waals surface area contributed by atoms with Gasteiger partial charge in [-0.3, -0.25) is 0 Å². The number of halogens is 1. The number of hydrogen-bond acceptors (Lipinski definition) is 5. The van der Waals surface area contributed by atoms with Gasteiger partial charge in [0, 0.05) is 12.4 Å². The molecule has 76 valence electrons. The standard InChI is InChI=1S/C9H8BrN5/c1-5-12-3-2-7(14-5)9-13-4-6(10)8(11)15-9/h2-4H,1H3,(H2,11,13,15). The van der Waals surface area contributed by atoms with Crippen LogP contribution in [-0.4, -0.2) is 19.9 Å². The highest BCUT2D eigenvalue weighted by molar-refractivity contribution is 9.10. The second-order valence-corrected chi connectivity index (χ2v) is 3.77. The Balaban J connectivity index is 2.50. The smallest absolute Gasteiger partial charge is 0.180 e. The number of nitrogens with zero attached hydrogens (tertiary/aromatic N) is 4. The fourth-order valence-corrected chi connectivity index (χ4v) is 1.28. The summed E-state index contributed by atoms with van der Waals surface area (Å²) >= 11 is 3.23. The number of rotatable bonds is 1. The van der Waals surface area contributed by atoms with Crippen LogP contribution in [0.25, 0.3) is 11.5 Å². The summed E-state index contributed by atoms with van der Waals surface area (Å²) in [5, 5.41) is 0.